The summed E-state index contributed by atoms with van der Waals surface area (Å²) in [6, 6.07) is 4.00. The Balaban J connectivity index is 2.43. The van der Waals surface area contributed by atoms with Gasteiger partial charge in [0.2, 0.25) is 5.95 Å². The Labute approximate surface area is 121 Å². The third kappa shape index (κ3) is 3.02. The van der Waals surface area contributed by atoms with Crippen LogP contribution in [0.2, 0.25) is 0 Å². The molecule has 0 saturated carbocycles. The highest BCUT2D eigenvalue weighted by atomic mass is 32.2. The number of nitrogens with zero attached hydrogens (tertiary/aromatic N) is 3. The number of aryl methyl sites for hydroxylation is 2. The van der Waals surface area contributed by atoms with Crippen molar-refractivity contribution in [2.75, 3.05) is 4.72 Å². The third-order valence-electron chi connectivity index (χ3n) is 2.94. The molecular formula is C12H14N4O4S. The number of nitrogens with one attached hydrogen (secondary N) is 1. The maximum absolute atomic E-state index is 12.2. The normalized spacial score (nSPS) is 11.3. The highest BCUT2D eigenvalue weighted by molar-refractivity contribution is 7.92. The van der Waals surface area contributed by atoms with E-state index in [0.717, 1.165) is 6.07 Å². The molecule has 0 aliphatic carbocycles. The molecule has 0 aliphatic heterocycles. The van der Waals surface area contributed by atoms with E-state index in [-0.39, 0.29) is 16.4 Å². The summed E-state index contributed by atoms with van der Waals surface area (Å²) in [6.45, 7) is 1.80. The SMILES string of the molecule is CCc1ccc(S(=O)(=O)Nc2ncnn2C)cc1C(=O)O. The van der Waals surface area contributed by atoms with Crippen LogP contribution in [0.5, 0.6) is 0 Å². The molecule has 0 bridgehead atoms. The van der Waals surface area contributed by atoms with E-state index in [2.05, 4.69) is 14.8 Å². The monoisotopic (exact) mass is 310 g/mol. The van der Waals surface area contributed by atoms with Gasteiger partial charge < -0.3 is 5.11 Å². The molecule has 0 unspecified atom stereocenters. The summed E-state index contributed by atoms with van der Waals surface area (Å²) < 4.78 is 28.0. The quantitative estimate of drug-likeness (QED) is 0.847. The van der Waals surface area contributed by atoms with Crippen LogP contribution < -0.4 is 4.72 Å². The molecule has 0 fully saturated rings. The van der Waals surface area contributed by atoms with E-state index in [4.69, 9.17) is 5.11 Å². The highest BCUT2D eigenvalue weighted by Crippen LogP contribution is 2.19. The first-order valence-corrected chi connectivity index (χ1v) is 7.56. The molecule has 0 atom stereocenters. The second kappa shape index (κ2) is 5.52. The van der Waals surface area contributed by atoms with E-state index in [0.29, 0.717) is 12.0 Å². The molecule has 2 rings (SSSR count). The van der Waals surface area contributed by atoms with Crippen LogP contribution in [0.15, 0.2) is 29.4 Å². The lowest BCUT2D eigenvalue weighted by Gasteiger charge is -2.09. The molecule has 2 N–H and O–H groups in total. The van der Waals surface area contributed by atoms with Gasteiger partial charge in [-0.3, -0.25) is 0 Å². The van der Waals surface area contributed by atoms with Gasteiger partial charge in [0.1, 0.15) is 6.33 Å². The van der Waals surface area contributed by atoms with Crippen LogP contribution in [0.4, 0.5) is 5.95 Å². The maximum Gasteiger partial charge on any atom is 0.336 e. The minimum atomic E-state index is -3.92. The van der Waals surface area contributed by atoms with Crippen molar-refractivity contribution >= 4 is 21.9 Å². The van der Waals surface area contributed by atoms with Crippen LogP contribution in [0.3, 0.4) is 0 Å². The summed E-state index contributed by atoms with van der Waals surface area (Å²) in [4.78, 5) is 14.8. The van der Waals surface area contributed by atoms with Gasteiger partial charge in [0, 0.05) is 7.05 Å². The Morgan fingerprint density at radius 2 is 2.14 bits per heavy atom. The standard InChI is InChI=1S/C12H14N4O4S/c1-3-8-4-5-9(6-10(8)11(17)18)21(19,20)15-12-13-7-14-16(12)2/h4-7H,3H2,1-2H3,(H,17,18)(H,13,14,15). The van der Waals surface area contributed by atoms with Crippen molar-refractivity contribution in [2.45, 2.75) is 18.2 Å². The fourth-order valence-corrected chi connectivity index (χ4v) is 2.86. The molecule has 0 aliphatic rings. The molecule has 1 heterocycles. The van der Waals surface area contributed by atoms with E-state index in [9.17, 15) is 13.2 Å². The molecule has 9 heteroatoms. The van der Waals surface area contributed by atoms with Gasteiger partial charge in [-0.15, -0.1) is 0 Å². The van der Waals surface area contributed by atoms with Crippen LogP contribution in [-0.4, -0.2) is 34.3 Å². The van der Waals surface area contributed by atoms with Gasteiger partial charge in [-0.1, -0.05) is 13.0 Å². The van der Waals surface area contributed by atoms with Crippen molar-refractivity contribution in [3.05, 3.63) is 35.7 Å². The summed E-state index contributed by atoms with van der Waals surface area (Å²) in [5.41, 5.74) is 0.540. The second-order valence-electron chi connectivity index (χ2n) is 4.29. The first kappa shape index (κ1) is 15.0. The summed E-state index contributed by atoms with van der Waals surface area (Å²) in [7, 11) is -2.39. The molecule has 0 radical (unpaired) electrons. The summed E-state index contributed by atoms with van der Waals surface area (Å²) in [5.74, 6) is -1.12. The topological polar surface area (TPSA) is 114 Å². The lowest BCUT2D eigenvalue weighted by atomic mass is 10.1. The van der Waals surface area contributed by atoms with Crippen molar-refractivity contribution in [3.63, 3.8) is 0 Å². The number of aromatic carboxylic acids is 1. The highest BCUT2D eigenvalue weighted by Gasteiger charge is 2.20. The number of hydrogen-bond donors (Lipinski definition) is 2. The van der Waals surface area contributed by atoms with Crippen molar-refractivity contribution in [1.29, 1.82) is 0 Å². The van der Waals surface area contributed by atoms with E-state index in [1.54, 1.807) is 6.92 Å². The minimum Gasteiger partial charge on any atom is -0.478 e. The predicted molar refractivity (Wildman–Crippen MR) is 74.6 cm³/mol. The Kier molecular flexibility index (Phi) is 3.94. The Bertz CT molecular complexity index is 782. The summed E-state index contributed by atoms with van der Waals surface area (Å²) in [5, 5.41) is 12.9. The molecule has 112 valence electrons. The summed E-state index contributed by atoms with van der Waals surface area (Å²) in [6.07, 6.45) is 1.71. The van der Waals surface area contributed by atoms with Crippen LogP contribution in [0.1, 0.15) is 22.8 Å². The second-order valence-corrected chi connectivity index (χ2v) is 5.97. The van der Waals surface area contributed by atoms with Crippen molar-refractivity contribution in [2.24, 2.45) is 7.05 Å². The smallest absolute Gasteiger partial charge is 0.336 e. The first-order valence-electron chi connectivity index (χ1n) is 6.08. The zero-order chi connectivity index (χ0) is 15.6. The zero-order valence-electron chi connectivity index (χ0n) is 11.4. The van der Waals surface area contributed by atoms with Gasteiger partial charge >= 0.3 is 5.97 Å². The molecule has 2 aromatic rings. The van der Waals surface area contributed by atoms with Crippen LogP contribution in [0, 0.1) is 0 Å². The van der Waals surface area contributed by atoms with E-state index >= 15 is 0 Å². The predicted octanol–water partition coefficient (Wildman–Crippen LogP) is 0.877. The van der Waals surface area contributed by atoms with E-state index < -0.39 is 16.0 Å². The Hall–Kier alpha value is -2.42. The van der Waals surface area contributed by atoms with Gasteiger partial charge in [0.05, 0.1) is 10.5 Å². The molecule has 0 spiro atoms. The largest absolute Gasteiger partial charge is 0.478 e. The number of anilines is 1. The lowest BCUT2D eigenvalue weighted by Crippen LogP contribution is -2.17. The Morgan fingerprint density at radius 1 is 1.43 bits per heavy atom. The van der Waals surface area contributed by atoms with Crippen LogP contribution >= 0.6 is 0 Å². The van der Waals surface area contributed by atoms with Crippen molar-refractivity contribution in [3.8, 4) is 0 Å². The van der Waals surface area contributed by atoms with Crippen LogP contribution in [0.25, 0.3) is 0 Å². The zero-order valence-corrected chi connectivity index (χ0v) is 12.3. The fraction of sp³-hybridized carbons (Fsp3) is 0.250. The summed E-state index contributed by atoms with van der Waals surface area (Å²) >= 11 is 0. The number of hydrogen-bond acceptors (Lipinski definition) is 5. The van der Waals surface area contributed by atoms with Gasteiger partial charge in [-0.2, -0.15) is 10.1 Å². The average molecular weight is 310 g/mol. The van der Waals surface area contributed by atoms with Gasteiger partial charge in [0.25, 0.3) is 10.0 Å². The number of benzene rings is 1. The number of carboxylic acids is 1. The van der Waals surface area contributed by atoms with Crippen molar-refractivity contribution < 1.29 is 18.3 Å². The molecule has 1 aromatic carbocycles. The fourth-order valence-electron chi connectivity index (χ4n) is 1.80. The van der Waals surface area contributed by atoms with Gasteiger partial charge in [-0.05, 0) is 24.1 Å². The lowest BCUT2D eigenvalue weighted by molar-refractivity contribution is 0.0695. The van der Waals surface area contributed by atoms with Crippen LogP contribution in [-0.2, 0) is 23.5 Å². The number of carboxylic acid groups (broad SMARTS) is 1. The third-order valence-corrected chi connectivity index (χ3v) is 4.27. The van der Waals surface area contributed by atoms with Gasteiger partial charge in [0.15, 0.2) is 0 Å². The van der Waals surface area contributed by atoms with Crippen molar-refractivity contribution in [1.82, 2.24) is 14.8 Å². The number of rotatable bonds is 5. The Morgan fingerprint density at radius 3 is 2.67 bits per heavy atom. The number of sulfonamides is 1. The molecule has 21 heavy (non-hydrogen) atoms. The molecule has 0 amide bonds. The minimum absolute atomic E-state index is 0.0293. The first-order chi connectivity index (χ1) is 9.85. The maximum atomic E-state index is 12.2. The number of carbonyl (C=O) groups is 1. The molecule has 8 nitrogen and oxygen atoms in total. The molecular weight excluding hydrogens is 296 g/mol. The van der Waals surface area contributed by atoms with Gasteiger partial charge in [-0.25, -0.2) is 22.6 Å². The van der Waals surface area contributed by atoms with E-state index in [1.807, 2.05) is 0 Å². The molecule has 0 saturated heterocycles. The van der Waals surface area contributed by atoms with E-state index in [1.165, 1.54) is 30.2 Å². The number of aromatic nitrogens is 3. The molecule has 1 aromatic heterocycles. The average Bonchev–Trinajstić information content (AvgIpc) is 2.82.